The Morgan fingerprint density at radius 2 is 1.77 bits per heavy atom. The molecule has 7 nitrogen and oxygen atoms in total. The van der Waals surface area contributed by atoms with E-state index in [1.807, 2.05) is 32.9 Å². The van der Waals surface area contributed by atoms with E-state index in [1.54, 1.807) is 18.2 Å². The highest BCUT2D eigenvalue weighted by atomic mass is 16.6. The van der Waals surface area contributed by atoms with Crippen molar-refractivity contribution in [3.8, 4) is 0 Å². The lowest BCUT2D eigenvalue weighted by Gasteiger charge is -2.31. The fourth-order valence-electron chi connectivity index (χ4n) is 2.99. The van der Waals surface area contributed by atoms with Crippen LogP contribution >= 0.6 is 0 Å². The number of aldehydes is 2. The summed E-state index contributed by atoms with van der Waals surface area (Å²) in [7, 11) is 0. The van der Waals surface area contributed by atoms with Gasteiger partial charge in [0, 0.05) is 25.9 Å². The summed E-state index contributed by atoms with van der Waals surface area (Å²) < 4.78 is 5.27. The normalized spacial score (nSPS) is 19.4. The average Bonchev–Trinajstić information content (AvgIpc) is 2.69. The molecule has 31 heavy (non-hydrogen) atoms. The second-order valence-electron chi connectivity index (χ2n) is 8.34. The maximum atomic E-state index is 11.7. The fourth-order valence-corrected chi connectivity index (χ4v) is 2.99. The summed E-state index contributed by atoms with van der Waals surface area (Å²) in [5.74, 6) is -1.19. The standard InChI is InChI=1S/C24H38O7/c1-17(15-26)7-6-8-18(2)22(16-27)19(3)9-10-23(31-20(4)28)24(5,30)13-11-21(29)12-14-25/h6-10,14,16-17,19,21-23,26,29-30H,11-13,15H2,1-5H3/b7-6+,10-9+,18-8+/t17-,19+,21+,22-,23+,24+/m1/s1. The summed E-state index contributed by atoms with van der Waals surface area (Å²) in [4.78, 5) is 33.7. The smallest absolute Gasteiger partial charge is 0.303 e. The predicted octanol–water partition coefficient (Wildman–Crippen LogP) is 2.54. The van der Waals surface area contributed by atoms with Crippen molar-refractivity contribution in [1.29, 1.82) is 0 Å². The van der Waals surface area contributed by atoms with Crippen LogP contribution in [0.15, 0.2) is 36.0 Å². The van der Waals surface area contributed by atoms with Gasteiger partial charge in [0.05, 0.1) is 6.10 Å². The molecule has 0 aromatic carbocycles. The highest BCUT2D eigenvalue weighted by molar-refractivity contribution is 5.66. The van der Waals surface area contributed by atoms with Crippen molar-refractivity contribution < 1.29 is 34.4 Å². The Labute approximate surface area is 185 Å². The van der Waals surface area contributed by atoms with Crippen LogP contribution in [0.25, 0.3) is 0 Å². The number of aliphatic hydroxyl groups is 3. The molecule has 0 rings (SSSR count). The highest BCUT2D eigenvalue weighted by Gasteiger charge is 2.33. The molecular weight excluding hydrogens is 400 g/mol. The van der Waals surface area contributed by atoms with Gasteiger partial charge in [0.1, 0.15) is 24.3 Å². The lowest BCUT2D eigenvalue weighted by molar-refractivity contribution is -0.156. The van der Waals surface area contributed by atoms with Gasteiger partial charge in [0.2, 0.25) is 0 Å². The van der Waals surface area contributed by atoms with Gasteiger partial charge in [-0.3, -0.25) is 4.79 Å². The Balaban J connectivity index is 5.39. The van der Waals surface area contributed by atoms with Crippen molar-refractivity contribution in [3.63, 3.8) is 0 Å². The van der Waals surface area contributed by atoms with Gasteiger partial charge in [-0.1, -0.05) is 43.7 Å². The van der Waals surface area contributed by atoms with E-state index in [4.69, 9.17) is 9.84 Å². The molecule has 0 saturated heterocycles. The second-order valence-corrected chi connectivity index (χ2v) is 8.34. The minimum absolute atomic E-state index is 0.0211. The number of carbonyl (C=O) groups excluding carboxylic acids is 3. The molecule has 0 aliphatic carbocycles. The zero-order chi connectivity index (χ0) is 24.0. The van der Waals surface area contributed by atoms with E-state index in [0.29, 0.717) is 6.29 Å². The van der Waals surface area contributed by atoms with Gasteiger partial charge in [-0.2, -0.15) is 0 Å². The van der Waals surface area contributed by atoms with Crippen LogP contribution in [-0.2, 0) is 19.1 Å². The quantitative estimate of drug-likeness (QED) is 0.155. The number of aliphatic hydroxyl groups excluding tert-OH is 2. The summed E-state index contributed by atoms with van der Waals surface area (Å²) in [6, 6.07) is 0. The summed E-state index contributed by atoms with van der Waals surface area (Å²) in [6.07, 6.45) is 8.62. The molecule has 0 aliphatic heterocycles. The molecule has 0 fully saturated rings. The van der Waals surface area contributed by atoms with Gasteiger partial charge in [0.25, 0.3) is 0 Å². The Morgan fingerprint density at radius 3 is 2.29 bits per heavy atom. The summed E-state index contributed by atoms with van der Waals surface area (Å²) in [6.45, 7) is 8.34. The number of esters is 1. The van der Waals surface area contributed by atoms with Crippen molar-refractivity contribution in [2.45, 2.75) is 71.7 Å². The van der Waals surface area contributed by atoms with E-state index in [9.17, 15) is 24.6 Å². The zero-order valence-electron chi connectivity index (χ0n) is 19.2. The van der Waals surface area contributed by atoms with Crippen molar-refractivity contribution in [3.05, 3.63) is 36.0 Å². The average molecular weight is 439 g/mol. The maximum absolute atomic E-state index is 11.7. The molecule has 7 heteroatoms. The first-order valence-corrected chi connectivity index (χ1v) is 10.6. The van der Waals surface area contributed by atoms with Crippen LogP contribution in [-0.4, -0.2) is 58.3 Å². The van der Waals surface area contributed by atoms with Gasteiger partial charge >= 0.3 is 5.97 Å². The molecule has 6 atom stereocenters. The van der Waals surface area contributed by atoms with Crippen LogP contribution < -0.4 is 0 Å². The van der Waals surface area contributed by atoms with Crippen LogP contribution in [0.3, 0.4) is 0 Å². The molecule has 0 bridgehead atoms. The van der Waals surface area contributed by atoms with Crippen molar-refractivity contribution in [2.75, 3.05) is 6.61 Å². The van der Waals surface area contributed by atoms with E-state index in [1.165, 1.54) is 13.8 Å². The second kappa shape index (κ2) is 14.8. The molecular formula is C24H38O7. The highest BCUT2D eigenvalue weighted by Crippen LogP contribution is 2.25. The van der Waals surface area contributed by atoms with Crippen LogP contribution in [0.4, 0.5) is 0 Å². The molecule has 0 aromatic heterocycles. The first-order valence-electron chi connectivity index (χ1n) is 10.6. The lowest BCUT2D eigenvalue weighted by atomic mass is 9.86. The fraction of sp³-hybridized carbons (Fsp3) is 0.625. The van der Waals surface area contributed by atoms with Gasteiger partial charge < -0.3 is 29.6 Å². The largest absolute Gasteiger partial charge is 0.455 e. The SMILES string of the molecule is CC(=O)O[C@@H](/C=C/[C@H](C)[C@H](C=O)/C(C)=C/C=C/[C@@H](C)CO)[C@@](C)(O)CC[C@H](O)CC=O. The third-order valence-corrected chi connectivity index (χ3v) is 5.17. The van der Waals surface area contributed by atoms with Crippen LogP contribution in [0.1, 0.15) is 53.9 Å². The van der Waals surface area contributed by atoms with E-state index in [-0.39, 0.29) is 37.7 Å². The molecule has 3 N–H and O–H groups in total. The van der Waals surface area contributed by atoms with E-state index < -0.39 is 29.7 Å². The van der Waals surface area contributed by atoms with Crippen molar-refractivity contribution >= 4 is 18.5 Å². The number of allylic oxidation sites excluding steroid dienone is 4. The van der Waals surface area contributed by atoms with Crippen molar-refractivity contribution in [1.82, 2.24) is 0 Å². The Bertz CT molecular complexity index is 648. The molecule has 176 valence electrons. The lowest BCUT2D eigenvalue weighted by Crippen LogP contribution is -2.41. The molecule has 0 heterocycles. The molecule has 0 spiro atoms. The zero-order valence-corrected chi connectivity index (χ0v) is 19.2. The molecule has 0 saturated carbocycles. The number of hydrogen-bond donors (Lipinski definition) is 3. The van der Waals surface area contributed by atoms with Crippen molar-refractivity contribution in [2.24, 2.45) is 17.8 Å². The van der Waals surface area contributed by atoms with Crippen LogP contribution in [0.5, 0.6) is 0 Å². The summed E-state index contributed by atoms with van der Waals surface area (Å²) in [5.41, 5.74) is -0.627. The van der Waals surface area contributed by atoms with Crippen LogP contribution in [0, 0.1) is 17.8 Å². The van der Waals surface area contributed by atoms with Gasteiger partial charge in [0.15, 0.2) is 0 Å². The molecule has 0 amide bonds. The third-order valence-electron chi connectivity index (χ3n) is 5.17. The van der Waals surface area contributed by atoms with E-state index in [2.05, 4.69) is 0 Å². The van der Waals surface area contributed by atoms with Gasteiger partial charge in [-0.25, -0.2) is 0 Å². The number of hydrogen-bond acceptors (Lipinski definition) is 7. The first-order chi connectivity index (χ1) is 14.5. The Kier molecular flexibility index (Phi) is 13.8. The first kappa shape index (κ1) is 28.9. The minimum atomic E-state index is -1.46. The predicted molar refractivity (Wildman–Crippen MR) is 119 cm³/mol. The van der Waals surface area contributed by atoms with Crippen LogP contribution in [0.2, 0.25) is 0 Å². The molecule has 0 aromatic rings. The Hall–Kier alpha value is -2.09. The monoisotopic (exact) mass is 438 g/mol. The van der Waals surface area contributed by atoms with Gasteiger partial charge in [-0.05, 0) is 44.6 Å². The third kappa shape index (κ3) is 11.8. The van der Waals surface area contributed by atoms with E-state index in [0.717, 1.165) is 11.9 Å². The minimum Gasteiger partial charge on any atom is -0.455 e. The van der Waals surface area contributed by atoms with Gasteiger partial charge in [-0.15, -0.1) is 0 Å². The summed E-state index contributed by atoms with van der Waals surface area (Å²) in [5, 5.41) is 29.6. The number of rotatable bonds is 15. The maximum Gasteiger partial charge on any atom is 0.303 e. The number of carbonyl (C=O) groups is 3. The Morgan fingerprint density at radius 1 is 1.13 bits per heavy atom. The molecule has 0 radical (unpaired) electrons. The van der Waals surface area contributed by atoms with E-state index >= 15 is 0 Å². The summed E-state index contributed by atoms with van der Waals surface area (Å²) >= 11 is 0. The molecule has 0 aliphatic rings. The number of ether oxygens (including phenoxy) is 1. The molecule has 0 unspecified atom stereocenters. The topological polar surface area (TPSA) is 121 Å².